The van der Waals surface area contributed by atoms with Gasteiger partial charge in [0.15, 0.2) is 5.69 Å². The molecule has 7 nitrogen and oxygen atoms in total. The van der Waals surface area contributed by atoms with Crippen LogP contribution in [0.3, 0.4) is 0 Å². The molecule has 128 valence electrons. The van der Waals surface area contributed by atoms with Crippen LogP contribution in [0.4, 0.5) is 5.82 Å². The molecule has 0 spiro atoms. The first-order chi connectivity index (χ1) is 11.4. The van der Waals surface area contributed by atoms with Crippen molar-refractivity contribution >= 4 is 17.6 Å². The summed E-state index contributed by atoms with van der Waals surface area (Å²) in [5, 5.41) is 9.67. The Labute approximate surface area is 141 Å². The quantitative estimate of drug-likeness (QED) is 0.848. The van der Waals surface area contributed by atoms with Gasteiger partial charge in [-0.1, -0.05) is 26.0 Å². The van der Waals surface area contributed by atoms with Gasteiger partial charge in [0, 0.05) is 25.6 Å². The number of amides is 2. The minimum atomic E-state index is -0.300. The Hall–Kier alpha value is -2.83. The zero-order valence-electron chi connectivity index (χ0n) is 14.3. The Balaban J connectivity index is 1.98. The Bertz CT molecular complexity index is 720. The zero-order valence-corrected chi connectivity index (χ0v) is 14.3. The lowest BCUT2D eigenvalue weighted by Gasteiger charge is -2.06. The van der Waals surface area contributed by atoms with E-state index >= 15 is 0 Å². The van der Waals surface area contributed by atoms with Crippen molar-refractivity contribution in [3.8, 4) is 5.75 Å². The Morgan fingerprint density at radius 2 is 1.92 bits per heavy atom. The van der Waals surface area contributed by atoms with Gasteiger partial charge in [0.05, 0.1) is 7.11 Å². The first-order valence-corrected chi connectivity index (χ1v) is 7.66. The average molecular weight is 330 g/mol. The second kappa shape index (κ2) is 7.63. The molecule has 1 aromatic carbocycles. The summed E-state index contributed by atoms with van der Waals surface area (Å²) in [6, 6.07) is 8.99. The largest absolute Gasteiger partial charge is 0.497 e. The number of aryl methyl sites for hydroxylation is 1. The number of aromatic nitrogens is 2. The summed E-state index contributed by atoms with van der Waals surface area (Å²) >= 11 is 0. The minimum absolute atomic E-state index is 0.122. The number of rotatable bonds is 6. The molecule has 2 rings (SSSR count). The monoisotopic (exact) mass is 330 g/mol. The number of nitrogens with one attached hydrogen (secondary N) is 2. The van der Waals surface area contributed by atoms with E-state index in [1.165, 1.54) is 4.68 Å². The fourth-order valence-corrected chi connectivity index (χ4v) is 1.98. The highest BCUT2D eigenvalue weighted by molar-refractivity contribution is 5.95. The number of hydrogen-bond donors (Lipinski definition) is 2. The van der Waals surface area contributed by atoms with Gasteiger partial charge in [-0.25, -0.2) is 0 Å². The number of anilines is 1. The third kappa shape index (κ3) is 4.34. The summed E-state index contributed by atoms with van der Waals surface area (Å²) in [7, 11) is 3.28. The number of hydrogen-bond acceptors (Lipinski definition) is 4. The van der Waals surface area contributed by atoms with Crippen molar-refractivity contribution in [3.05, 3.63) is 41.6 Å². The molecular weight excluding hydrogens is 308 g/mol. The van der Waals surface area contributed by atoms with Crippen molar-refractivity contribution in [2.75, 3.05) is 12.4 Å². The molecule has 0 aliphatic carbocycles. The summed E-state index contributed by atoms with van der Waals surface area (Å²) in [4.78, 5) is 23.9. The predicted molar refractivity (Wildman–Crippen MR) is 90.8 cm³/mol. The standard InChI is InChI=1S/C17H22N4O3/c1-11(2)16(22)19-15-9-14(20-21(15)3)17(23)18-10-12-5-7-13(24-4)8-6-12/h5-9,11H,10H2,1-4H3,(H,18,23)(H,19,22). The summed E-state index contributed by atoms with van der Waals surface area (Å²) in [6.45, 7) is 3.98. The van der Waals surface area contributed by atoms with Crippen LogP contribution in [0.1, 0.15) is 29.9 Å². The summed E-state index contributed by atoms with van der Waals surface area (Å²) in [6.07, 6.45) is 0. The Morgan fingerprint density at radius 1 is 1.25 bits per heavy atom. The van der Waals surface area contributed by atoms with E-state index in [0.29, 0.717) is 12.4 Å². The van der Waals surface area contributed by atoms with Gasteiger partial charge in [0.2, 0.25) is 5.91 Å². The second-order valence-electron chi connectivity index (χ2n) is 5.71. The van der Waals surface area contributed by atoms with Gasteiger partial charge >= 0.3 is 0 Å². The third-order valence-corrected chi connectivity index (χ3v) is 3.50. The molecule has 0 atom stereocenters. The van der Waals surface area contributed by atoms with E-state index in [2.05, 4.69) is 15.7 Å². The average Bonchev–Trinajstić information content (AvgIpc) is 2.93. The van der Waals surface area contributed by atoms with E-state index in [1.807, 2.05) is 24.3 Å². The van der Waals surface area contributed by atoms with Crippen LogP contribution < -0.4 is 15.4 Å². The zero-order chi connectivity index (χ0) is 17.7. The minimum Gasteiger partial charge on any atom is -0.497 e. The molecular formula is C17H22N4O3. The van der Waals surface area contributed by atoms with Gasteiger partial charge in [-0.2, -0.15) is 5.10 Å². The van der Waals surface area contributed by atoms with Crippen molar-refractivity contribution in [3.63, 3.8) is 0 Å². The van der Waals surface area contributed by atoms with Crippen molar-refractivity contribution in [2.45, 2.75) is 20.4 Å². The third-order valence-electron chi connectivity index (χ3n) is 3.50. The van der Waals surface area contributed by atoms with E-state index in [9.17, 15) is 9.59 Å². The van der Waals surface area contributed by atoms with E-state index in [0.717, 1.165) is 11.3 Å². The van der Waals surface area contributed by atoms with Gasteiger partial charge in [-0.05, 0) is 17.7 Å². The maximum atomic E-state index is 12.2. The van der Waals surface area contributed by atoms with E-state index < -0.39 is 0 Å². The molecule has 1 heterocycles. The van der Waals surface area contributed by atoms with Crippen LogP contribution in [0.5, 0.6) is 5.75 Å². The molecule has 0 unspecified atom stereocenters. The molecule has 7 heteroatoms. The van der Waals surface area contributed by atoms with E-state index in [1.54, 1.807) is 34.1 Å². The van der Waals surface area contributed by atoms with Crippen LogP contribution in [-0.2, 0) is 18.4 Å². The second-order valence-corrected chi connectivity index (χ2v) is 5.71. The number of carbonyl (C=O) groups is 2. The number of ether oxygens (including phenoxy) is 1. The molecule has 2 N–H and O–H groups in total. The van der Waals surface area contributed by atoms with E-state index in [-0.39, 0.29) is 23.4 Å². The lowest BCUT2D eigenvalue weighted by Crippen LogP contribution is -2.23. The van der Waals surface area contributed by atoms with Crippen LogP contribution >= 0.6 is 0 Å². The van der Waals surface area contributed by atoms with Crippen molar-refractivity contribution in [1.29, 1.82) is 0 Å². The van der Waals surface area contributed by atoms with Crippen LogP contribution in [-0.4, -0.2) is 28.7 Å². The predicted octanol–water partition coefficient (Wildman–Crippen LogP) is 1.95. The Morgan fingerprint density at radius 3 is 2.50 bits per heavy atom. The lowest BCUT2D eigenvalue weighted by molar-refractivity contribution is -0.118. The summed E-state index contributed by atoms with van der Waals surface area (Å²) in [5.74, 6) is 0.686. The molecule has 2 amide bonds. The smallest absolute Gasteiger partial charge is 0.272 e. The van der Waals surface area contributed by atoms with Gasteiger partial charge in [0.25, 0.3) is 5.91 Å². The van der Waals surface area contributed by atoms with Gasteiger partial charge < -0.3 is 15.4 Å². The van der Waals surface area contributed by atoms with Gasteiger partial charge in [-0.15, -0.1) is 0 Å². The number of nitrogens with zero attached hydrogens (tertiary/aromatic N) is 2. The Kier molecular flexibility index (Phi) is 5.57. The van der Waals surface area contributed by atoms with E-state index in [4.69, 9.17) is 4.74 Å². The molecule has 0 saturated heterocycles. The van der Waals surface area contributed by atoms with Crippen LogP contribution in [0.25, 0.3) is 0 Å². The molecule has 0 aliphatic rings. The first-order valence-electron chi connectivity index (χ1n) is 7.66. The molecule has 0 aliphatic heterocycles. The molecule has 24 heavy (non-hydrogen) atoms. The number of methoxy groups -OCH3 is 1. The number of benzene rings is 1. The molecule has 0 bridgehead atoms. The molecule has 0 radical (unpaired) electrons. The highest BCUT2D eigenvalue weighted by atomic mass is 16.5. The molecule has 0 saturated carbocycles. The van der Waals surface area contributed by atoms with Gasteiger partial charge in [0.1, 0.15) is 11.6 Å². The van der Waals surface area contributed by atoms with Crippen LogP contribution in [0.2, 0.25) is 0 Å². The number of carbonyl (C=O) groups excluding carboxylic acids is 2. The maximum Gasteiger partial charge on any atom is 0.272 e. The highest BCUT2D eigenvalue weighted by Gasteiger charge is 2.15. The maximum absolute atomic E-state index is 12.2. The van der Waals surface area contributed by atoms with Crippen LogP contribution in [0.15, 0.2) is 30.3 Å². The fraction of sp³-hybridized carbons (Fsp3) is 0.353. The summed E-state index contributed by atoms with van der Waals surface area (Å²) < 4.78 is 6.57. The van der Waals surface area contributed by atoms with Crippen LogP contribution in [0, 0.1) is 5.92 Å². The molecule has 2 aromatic rings. The van der Waals surface area contributed by atoms with Crippen molar-refractivity contribution in [2.24, 2.45) is 13.0 Å². The topological polar surface area (TPSA) is 85.3 Å². The normalized spacial score (nSPS) is 10.5. The lowest BCUT2D eigenvalue weighted by atomic mass is 10.2. The van der Waals surface area contributed by atoms with Gasteiger partial charge in [-0.3, -0.25) is 14.3 Å². The molecule has 1 aromatic heterocycles. The summed E-state index contributed by atoms with van der Waals surface area (Å²) in [5.41, 5.74) is 1.21. The van der Waals surface area contributed by atoms with Crippen molar-refractivity contribution in [1.82, 2.24) is 15.1 Å². The van der Waals surface area contributed by atoms with Crippen molar-refractivity contribution < 1.29 is 14.3 Å². The SMILES string of the molecule is COc1ccc(CNC(=O)c2cc(NC(=O)C(C)C)n(C)n2)cc1. The molecule has 0 fully saturated rings. The first kappa shape index (κ1) is 17.5. The fourth-order valence-electron chi connectivity index (χ4n) is 1.98. The highest BCUT2D eigenvalue weighted by Crippen LogP contribution is 2.13.